The monoisotopic (exact) mass is 605 g/mol. The minimum atomic E-state index is -4.15. The fraction of sp³-hybridized carbons (Fsp3) is 0.500. The average molecular weight is 606 g/mol. The van der Waals surface area contributed by atoms with Crippen molar-refractivity contribution in [3.8, 4) is 11.1 Å². The maximum Gasteiger partial charge on any atom is 0.264 e. The quantitative estimate of drug-likeness (QED) is 0.287. The number of rotatable bonds is 13. The van der Waals surface area contributed by atoms with E-state index in [4.69, 9.17) is 0 Å². The van der Waals surface area contributed by atoms with Gasteiger partial charge in [-0.3, -0.25) is 14.4 Å². The number of carbonyl (C=O) groups excluding carboxylic acids is 3. The molecule has 1 saturated carbocycles. The van der Waals surface area contributed by atoms with E-state index in [1.165, 1.54) is 41.7 Å². The first-order valence-corrected chi connectivity index (χ1v) is 16.3. The summed E-state index contributed by atoms with van der Waals surface area (Å²) in [6.45, 7) is 3.47. The predicted molar refractivity (Wildman–Crippen MR) is 160 cm³/mol. The number of amides is 3. The molecule has 1 fully saturated rings. The molecule has 2 N–H and O–H groups in total. The van der Waals surface area contributed by atoms with Gasteiger partial charge in [-0.25, -0.2) is 17.5 Å². The molecule has 1 aliphatic rings. The molecule has 2 aromatic rings. The SMILES string of the molecule is CCCC(=O)N(CCNC(=O)C(CS)C1CCCCC1)Cc1ccc(-c2ccccc2S(=O)(=O)NC(C)=O)cc1F. The number of nitrogens with one attached hydrogen (secondary N) is 2. The molecule has 3 amide bonds. The second-order valence-electron chi connectivity index (χ2n) is 10.5. The lowest BCUT2D eigenvalue weighted by Gasteiger charge is -2.29. The maximum atomic E-state index is 15.4. The van der Waals surface area contributed by atoms with Crippen LogP contribution in [-0.2, 0) is 31.0 Å². The summed E-state index contributed by atoms with van der Waals surface area (Å²) in [5.41, 5.74) is 0.821. The third-order valence-electron chi connectivity index (χ3n) is 7.43. The molecule has 224 valence electrons. The molecule has 1 atom stereocenters. The van der Waals surface area contributed by atoms with Crippen molar-refractivity contribution >= 4 is 40.4 Å². The topological polar surface area (TPSA) is 113 Å². The molecule has 11 heteroatoms. The molecular formula is C30H40FN3O5S2. The van der Waals surface area contributed by atoms with Gasteiger partial charge in [0.05, 0.1) is 4.90 Å². The summed E-state index contributed by atoms with van der Waals surface area (Å²) in [7, 11) is -4.15. The number of nitrogens with zero attached hydrogens (tertiary/aromatic N) is 1. The lowest BCUT2D eigenvalue weighted by atomic mass is 9.80. The van der Waals surface area contributed by atoms with E-state index >= 15 is 4.39 Å². The highest BCUT2D eigenvalue weighted by molar-refractivity contribution is 7.90. The Kier molecular flexibility index (Phi) is 12.2. The Hall–Kier alpha value is -2.92. The van der Waals surface area contributed by atoms with Crippen molar-refractivity contribution in [3.63, 3.8) is 0 Å². The molecule has 8 nitrogen and oxygen atoms in total. The number of hydrogen-bond acceptors (Lipinski definition) is 6. The number of carbonyl (C=O) groups is 3. The summed E-state index contributed by atoms with van der Waals surface area (Å²) in [6, 6.07) is 10.4. The Morgan fingerprint density at radius 2 is 1.80 bits per heavy atom. The summed E-state index contributed by atoms with van der Waals surface area (Å²) in [5.74, 6) is -0.898. The zero-order valence-electron chi connectivity index (χ0n) is 23.7. The number of benzene rings is 2. The van der Waals surface area contributed by atoms with Gasteiger partial charge in [-0.2, -0.15) is 12.6 Å². The van der Waals surface area contributed by atoms with Crippen LogP contribution in [0, 0.1) is 17.7 Å². The molecular weight excluding hydrogens is 565 g/mol. The van der Waals surface area contributed by atoms with E-state index in [0.29, 0.717) is 30.1 Å². The fourth-order valence-electron chi connectivity index (χ4n) is 5.32. The zero-order chi connectivity index (χ0) is 30.0. The summed E-state index contributed by atoms with van der Waals surface area (Å²) in [6.07, 6.45) is 6.43. The third-order valence-corrected chi connectivity index (χ3v) is 9.31. The number of halogens is 1. The first-order valence-electron chi connectivity index (χ1n) is 14.1. The molecule has 0 bridgehead atoms. The molecule has 3 rings (SSSR count). The Labute approximate surface area is 247 Å². The summed E-state index contributed by atoms with van der Waals surface area (Å²) in [5, 5.41) is 2.96. The number of thiol groups is 1. The minimum Gasteiger partial charge on any atom is -0.354 e. The van der Waals surface area contributed by atoms with Crippen LogP contribution in [0.15, 0.2) is 47.4 Å². The summed E-state index contributed by atoms with van der Waals surface area (Å²) >= 11 is 4.42. The molecule has 0 spiro atoms. The van der Waals surface area contributed by atoms with Gasteiger partial charge >= 0.3 is 0 Å². The molecule has 2 aromatic carbocycles. The van der Waals surface area contributed by atoms with E-state index in [1.54, 1.807) is 12.1 Å². The van der Waals surface area contributed by atoms with Crippen LogP contribution in [0.5, 0.6) is 0 Å². The van der Waals surface area contributed by atoms with Gasteiger partial charge in [0.25, 0.3) is 10.0 Å². The fourth-order valence-corrected chi connectivity index (χ4v) is 7.01. The van der Waals surface area contributed by atoms with E-state index in [-0.39, 0.29) is 53.4 Å². The predicted octanol–water partition coefficient (Wildman–Crippen LogP) is 4.69. The maximum absolute atomic E-state index is 15.4. The molecule has 41 heavy (non-hydrogen) atoms. The van der Waals surface area contributed by atoms with Crippen LogP contribution in [0.3, 0.4) is 0 Å². The molecule has 0 aliphatic heterocycles. The molecule has 0 saturated heterocycles. The molecule has 1 unspecified atom stereocenters. The molecule has 0 aromatic heterocycles. The van der Waals surface area contributed by atoms with Gasteiger partial charge in [0, 0.05) is 55.8 Å². The van der Waals surface area contributed by atoms with E-state index in [2.05, 4.69) is 17.9 Å². The van der Waals surface area contributed by atoms with Crippen molar-refractivity contribution in [1.29, 1.82) is 0 Å². The average Bonchev–Trinajstić information content (AvgIpc) is 2.94. The second-order valence-corrected chi connectivity index (χ2v) is 12.5. The van der Waals surface area contributed by atoms with Crippen LogP contribution in [-0.4, -0.2) is 49.9 Å². The Balaban J connectivity index is 1.74. The van der Waals surface area contributed by atoms with Gasteiger partial charge in [-0.05, 0) is 42.9 Å². The molecule has 1 aliphatic carbocycles. The summed E-state index contributed by atoms with van der Waals surface area (Å²) < 4.78 is 42.6. The van der Waals surface area contributed by atoms with Crippen molar-refractivity contribution < 1.29 is 27.2 Å². The molecule has 0 heterocycles. The van der Waals surface area contributed by atoms with Crippen molar-refractivity contribution in [2.75, 3.05) is 18.8 Å². The van der Waals surface area contributed by atoms with E-state index < -0.39 is 21.7 Å². The van der Waals surface area contributed by atoms with Gasteiger partial charge in [0.1, 0.15) is 5.82 Å². The Morgan fingerprint density at radius 1 is 1.10 bits per heavy atom. The normalized spacial score (nSPS) is 14.7. The first kappa shape index (κ1) is 32.6. The Morgan fingerprint density at radius 3 is 2.44 bits per heavy atom. The largest absolute Gasteiger partial charge is 0.354 e. The lowest BCUT2D eigenvalue weighted by molar-refractivity contribution is -0.132. The third kappa shape index (κ3) is 9.03. The van der Waals surface area contributed by atoms with Crippen molar-refractivity contribution in [3.05, 3.63) is 53.8 Å². The standard InChI is InChI=1S/C30H40FN3O5S2/c1-3-9-29(36)34(17-16-32-30(37)26(20-40)22-10-5-4-6-11-22)19-24-15-14-23(18-27(24)31)25-12-7-8-13-28(25)41(38,39)33-21(2)35/h7-8,12-15,18,22,26,40H,3-6,9-11,16-17,19-20H2,1-2H3,(H,32,37)(H,33,35). The first-order chi connectivity index (χ1) is 19.6. The molecule has 0 radical (unpaired) electrons. The van der Waals surface area contributed by atoms with Gasteiger partial charge in [0.15, 0.2) is 0 Å². The van der Waals surface area contributed by atoms with Crippen molar-refractivity contribution in [2.45, 2.75) is 70.2 Å². The number of sulfonamides is 1. The van der Waals surface area contributed by atoms with Gasteiger partial charge < -0.3 is 10.2 Å². The number of hydrogen-bond donors (Lipinski definition) is 3. The van der Waals surface area contributed by atoms with Crippen molar-refractivity contribution in [1.82, 2.24) is 14.9 Å². The lowest BCUT2D eigenvalue weighted by Crippen LogP contribution is -2.42. The van der Waals surface area contributed by atoms with E-state index in [0.717, 1.165) is 32.6 Å². The second kappa shape index (κ2) is 15.3. The van der Waals surface area contributed by atoms with Crippen LogP contribution < -0.4 is 10.0 Å². The minimum absolute atomic E-state index is 0.00523. The van der Waals surface area contributed by atoms with Gasteiger partial charge in [0.2, 0.25) is 17.7 Å². The highest BCUT2D eigenvalue weighted by Crippen LogP contribution is 2.31. The van der Waals surface area contributed by atoms with Crippen molar-refractivity contribution in [2.24, 2.45) is 11.8 Å². The van der Waals surface area contributed by atoms with Crippen LogP contribution in [0.2, 0.25) is 0 Å². The van der Waals surface area contributed by atoms with Crippen LogP contribution >= 0.6 is 12.6 Å². The smallest absolute Gasteiger partial charge is 0.264 e. The highest BCUT2D eigenvalue weighted by Gasteiger charge is 2.28. The van der Waals surface area contributed by atoms with Gasteiger partial charge in [-0.15, -0.1) is 0 Å². The highest BCUT2D eigenvalue weighted by atomic mass is 32.2. The summed E-state index contributed by atoms with van der Waals surface area (Å²) in [4.78, 5) is 38.6. The zero-order valence-corrected chi connectivity index (χ0v) is 25.4. The van der Waals surface area contributed by atoms with Gasteiger partial charge in [-0.1, -0.05) is 56.5 Å². The van der Waals surface area contributed by atoms with Crippen LogP contribution in [0.4, 0.5) is 4.39 Å². The van der Waals surface area contributed by atoms with Crippen LogP contribution in [0.25, 0.3) is 11.1 Å². The van der Waals surface area contributed by atoms with E-state index in [9.17, 15) is 22.8 Å². The van der Waals surface area contributed by atoms with E-state index in [1.807, 2.05) is 11.6 Å². The Bertz CT molecular complexity index is 1330. The van der Waals surface area contributed by atoms with Crippen LogP contribution in [0.1, 0.15) is 64.4 Å².